The molecule has 0 radical (unpaired) electrons. The number of aryl methyl sites for hydroxylation is 1. The molecule has 2 heterocycles. The predicted molar refractivity (Wildman–Crippen MR) is 76.6 cm³/mol. The first kappa shape index (κ1) is 12.3. The summed E-state index contributed by atoms with van der Waals surface area (Å²) in [6.45, 7) is 4.17. The lowest BCUT2D eigenvalue weighted by molar-refractivity contribution is 0.287. The van der Waals surface area contributed by atoms with Gasteiger partial charge in [-0.1, -0.05) is 18.2 Å². The van der Waals surface area contributed by atoms with Crippen molar-refractivity contribution in [3.8, 4) is 5.69 Å². The molecule has 0 fully saturated rings. The van der Waals surface area contributed by atoms with Gasteiger partial charge in [0.1, 0.15) is 5.82 Å². The quantitative estimate of drug-likeness (QED) is 0.906. The lowest BCUT2D eigenvalue weighted by Gasteiger charge is -2.24. The van der Waals surface area contributed by atoms with Gasteiger partial charge in [-0.2, -0.15) is 0 Å². The molecule has 0 saturated carbocycles. The number of imidazole rings is 1. The van der Waals surface area contributed by atoms with Crippen LogP contribution in [0.5, 0.6) is 0 Å². The number of rotatable bonds is 3. The molecule has 2 aromatic rings. The summed E-state index contributed by atoms with van der Waals surface area (Å²) < 4.78 is 2.07. The molecule has 0 spiro atoms. The first-order chi connectivity index (χ1) is 9.20. The monoisotopic (exact) mass is 275 g/mol. The molecule has 0 saturated heterocycles. The van der Waals surface area contributed by atoms with Crippen LogP contribution in [0.3, 0.4) is 0 Å². The summed E-state index contributed by atoms with van der Waals surface area (Å²) >= 11 is 6.02. The van der Waals surface area contributed by atoms with Crippen molar-refractivity contribution in [2.24, 2.45) is 0 Å². The molecule has 1 aromatic carbocycles. The van der Waals surface area contributed by atoms with Crippen LogP contribution >= 0.6 is 11.6 Å². The van der Waals surface area contributed by atoms with Crippen LogP contribution < -0.4 is 5.32 Å². The van der Waals surface area contributed by atoms with Crippen LogP contribution in [0.1, 0.15) is 17.9 Å². The van der Waals surface area contributed by atoms with Crippen LogP contribution in [0.15, 0.2) is 31.0 Å². The number of nitrogens with zero attached hydrogens (tertiary/aromatic N) is 2. The topological polar surface area (TPSA) is 50.1 Å². The van der Waals surface area contributed by atoms with Crippen LogP contribution in [0, 0.1) is 0 Å². The van der Waals surface area contributed by atoms with Crippen LogP contribution in [-0.2, 0) is 6.42 Å². The van der Waals surface area contributed by atoms with Crippen molar-refractivity contribution in [1.82, 2.24) is 9.55 Å². The van der Waals surface area contributed by atoms with E-state index in [1.807, 2.05) is 18.2 Å². The third-order valence-corrected chi connectivity index (χ3v) is 3.42. The van der Waals surface area contributed by atoms with Crippen molar-refractivity contribution >= 4 is 23.0 Å². The highest BCUT2D eigenvalue weighted by Crippen LogP contribution is 2.34. The Balaban J connectivity index is 2.14. The summed E-state index contributed by atoms with van der Waals surface area (Å²) in [6, 6.07) is 5.70. The van der Waals surface area contributed by atoms with E-state index in [1.165, 1.54) is 0 Å². The van der Waals surface area contributed by atoms with Crippen molar-refractivity contribution in [2.75, 3.05) is 11.9 Å². The summed E-state index contributed by atoms with van der Waals surface area (Å²) in [5.74, 6) is 0.926. The van der Waals surface area contributed by atoms with Crippen molar-refractivity contribution in [2.45, 2.75) is 12.8 Å². The molecule has 5 heteroatoms. The molecule has 1 aromatic heterocycles. The maximum Gasteiger partial charge on any atom is 0.113 e. The lowest BCUT2D eigenvalue weighted by atomic mass is 10.1. The van der Waals surface area contributed by atoms with Crippen molar-refractivity contribution in [3.05, 3.63) is 47.5 Å². The number of aliphatic hydroxyl groups is 1. The minimum atomic E-state index is 0.162. The highest BCUT2D eigenvalue weighted by atomic mass is 35.5. The van der Waals surface area contributed by atoms with Gasteiger partial charge in [0.15, 0.2) is 0 Å². The molecular weight excluding hydrogens is 262 g/mol. The average Bonchev–Trinajstić information content (AvgIpc) is 2.81. The van der Waals surface area contributed by atoms with Crippen molar-refractivity contribution < 1.29 is 5.11 Å². The Morgan fingerprint density at radius 2 is 2.26 bits per heavy atom. The molecule has 2 N–H and O–H groups in total. The molecule has 1 aliphatic heterocycles. The number of aliphatic hydroxyl groups excluding tert-OH is 1. The molecule has 0 bridgehead atoms. The van der Waals surface area contributed by atoms with Gasteiger partial charge < -0.3 is 10.4 Å². The first-order valence-corrected chi connectivity index (χ1v) is 6.52. The van der Waals surface area contributed by atoms with E-state index in [4.69, 9.17) is 16.7 Å². The average molecular weight is 276 g/mol. The fourth-order valence-electron chi connectivity index (χ4n) is 2.32. The van der Waals surface area contributed by atoms with Gasteiger partial charge in [-0.25, -0.2) is 4.98 Å². The number of fused-ring (bicyclic) bond motifs is 3. The van der Waals surface area contributed by atoms with E-state index < -0.39 is 0 Å². The number of hydrogen-bond acceptors (Lipinski definition) is 3. The Morgan fingerprint density at radius 1 is 1.42 bits per heavy atom. The van der Waals surface area contributed by atoms with E-state index in [2.05, 4.69) is 21.4 Å². The zero-order valence-corrected chi connectivity index (χ0v) is 11.1. The minimum Gasteiger partial charge on any atom is -0.396 e. The van der Waals surface area contributed by atoms with Crippen LogP contribution in [0.25, 0.3) is 11.4 Å². The van der Waals surface area contributed by atoms with Crippen LogP contribution in [-0.4, -0.2) is 21.3 Å². The highest BCUT2D eigenvalue weighted by molar-refractivity contribution is 6.31. The molecular formula is C14H14ClN3O. The second kappa shape index (κ2) is 4.72. The minimum absolute atomic E-state index is 0.162. The van der Waals surface area contributed by atoms with E-state index in [1.54, 1.807) is 6.20 Å². The van der Waals surface area contributed by atoms with Gasteiger partial charge in [0, 0.05) is 18.1 Å². The third kappa shape index (κ3) is 2.03. The highest BCUT2D eigenvalue weighted by Gasteiger charge is 2.21. The van der Waals surface area contributed by atoms with Gasteiger partial charge in [-0.05, 0) is 24.6 Å². The predicted octanol–water partition coefficient (Wildman–Crippen LogP) is 2.85. The summed E-state index contributed by atoms with van der Waals surface area (Å²) in [7, 11) is 0. The fraction of sp³-hybridized carbons (Fsp3) is 0.214. The summed E-state index contributed by atoms with van der Waals surface area (Å²) in [5.41, 5.74) is 3.69. The zero-order valence-electron chi connectivity index (χ0n) is 10.4. The van der Waals surface area contributed by atoms with Gasteiger partial charge in [0.2, 0.25) is 0 Å². The molecule has 0 amide bonds. The Labute approximate surface area is 116 Å². The van der Waals surface area contributed by atoms with Gasteiger partial charge in [-0.3, -0.25) is 4.57 Å². The molecule has 4 nitrogen and oxygen atoms in total. The normalized spacial score (nSPS) is 12.8. The molecule has 0 aliphatic carbocycles. The number of aromatic nitrogens is 2. The van der Waals surface area contributed by atoms with Crippen LogP contribution in [0.4, 0.5) is 5.69 Å². The van der Waals surface area contributed by atoms with E-state index >= 15 is 0 Å². The maximum atomic E-state index is 8.97. The summed E-state index contributed by atoms with van der Waals surface area (Å²) in [6.07, 6.45) is 3.23. The number of hydrogen-bond donors (Lipinski definition) is 2. The van der Waals surface area contributed by atoms with Crippen molar-refractivity contribution in [1.29, 1.82) is 0 Å². The van der Waals surface area contributed by atoms with Gasteiger partial charge in [0.05, 0.1) is 29.0 Å². The molecule has 98 valence electrons. The maximum absolute atomic E-state index is 8.97. The van der Waals surface area contributed by atoms with Gasteiger partial charge in [-0.15, -0.1) is 0 Å². The Bertz CT molecular complexity index is 648. The first-order valence-electron chi connectivity index (χ1n) is 6.14. The number of anilines is 1. The van der Waals surface area contributed by atoms with Crippen molar-refractivity contribution in [3.63, 3.8) is 0 Å². The van der Waals surface area contributed by atoms with E-state index in [0.29, 0.717) is 11.4 Å². The lowest BCUT2D eigenvalue weighted by Crippen LogP contribution is -2.15. The van der Waals surface area contributed by atoms with Gasteiger partial charge >= 0.3 is 0 Å². The van der Waals surface area contributed by atoms with E-state index in [-0.39, 0.29) is 6.61 Å². The summed E-state index contributed by atoms with van der Waals surface area (Å²) in [5, 5.41) is 12.9. The van der Waals surface area contributed by atoms with Gasteiger partial charge in [0.25, 0.3) is 0 Å². The zero-order chi connectivity index (χ0) is 13.4. The van der Waals surface area contributed by atoms with Crippen LogP contribution in [0.2, 0.25) is 5.02 Å². The molecule has 0 unspecified atom stereocenters. The molecule has 1 aliphatic rings. The second-order valence-corrected chi connectivity index (χ2v) is 4.92. The van der Waals surface area contributed by atoms with E-state index in [0.717, 1.165) is 35.0 Å². The fourth-order valence-corrected chi connectivity index (χ4v) is 2.49. The second-order valence-electron chi connectivity index (χ2n) is 4.49. The number of halogens is 1. The Kier molecular flexibility index (Phi) is 3.05. The largest absolute Gasteiger partial charge is 0.396 e. The smallest absolute Gasteiger partial charge is 0.113 e. The number of benzene rings is 1. The summed E-state index contributed by atoms with van der Waals surface area (Å²) in [4.78, 5) is 4.43. The molecule has 19 heavy (non-hydrogen) atoms. The molecule has 3 rings (SSSR count). The van der Waals surface area contributed by atoms with E-state index in [9.17, 15) is 0 Å². The Hall–Kier alpha value is -1.78. The Morgan fingerprint density at radius 3 is 3.05 bits per heavy atom. The SMILES string of the molecule is C=C1Nc2cc(Cl)ccc2-n2c1cnc2CCCO. The third-order valence-electron chi connectivity index (χ3n) is 3.19. The molecule has 0 atom stereocenters. The number of nitrogens with one attached hydrogen (secondary N) is 1. The standard InChI is InChI=1S/C14H14ClN3O/c1-9-13-8-16-14(3-2-6-19)18(13)12-5-4-10(15)7-11(12)17-9/h4-5,7-8,17,19H,1-3,6H2.